The number of ether oxygens (including phenoxy) is 2. The highest BCUT2D eigenvalue weighted by molar-refractivity contribution is 5.95. The van der Waals surface area contributed by atoms with Crippen molar-refractivity contribution in [2.45, 2.75) is 57.6 Å². The Morgan fingerprint density at radius 2 is 1.54 bits per heavy atom. The van der Waals surface area contributed by atoms with Crippen molar-refractivity contribution >= 4 is 35.0 Å². The number of carbonyl (C=O) groups is 4. The summed E-state index contributed by atoms with van der Waals surface area (Å²) in [4.78, 5) is 52.1. The van der Waals surface area contributed by atoms with Crippen LogP contribution in [0.15, 0.2) is 79.0 Å². The molecule has 1 aromatic heterocycles. The molecule has 0 bridgehead atoms. The topological polar surface area (TPSA) is 127 Å². The van der Waals surface area contributed by atoms with Gasteiger partial charge in [0.05, 0.1) is 5.52 Å². The van der Waals surface area contributed by atoms with E-state index < -0.39 is 29.8 Å². The summed E-state index contributed by atoms with van der Waals surface area (Å²) < 4.78 is 12.5. The molecule has 10 heteroatoms. The van der Waals surface area contributed by atoms with Crippen molar-refractivity contribution in [3.8, 4) is 11.1 Å². The minimum atomic E-state index is -1.28. The number of rotatable bonds is 10. The lowest BCUT2D eigenvalue weighted by Crippen LogP contribution is -2.42. The molecule has 1 aliphatic carbocycles. The molecule has 4 aromatic rings. The van der Waals surface area contributed by atoms with Crippen molar-refractivity contribution in [3.63, 3.8) is 0 Å². The Bertz CT molecular complexity index is 1730. The number of benzene rings is 3. The molecular formula is C36H39N3O7. The lowest BCUT2D eigenvalue weighted by atomic mass is 9.98. The Labute approximate surface area is 267 Å². The Balaban J connectivity index is 1.23. The Morgan fingerprint density at radius 3 is 2.17 bits per heavy atom. The molecule has 0 unspecified atom stereocenters. The van der Waals surface area contributed by atoms with E-state index in [4.69, 9.17) is 9.47 Å². The van der Waals surface area contributed by atoms with E-state index in [1.165, 1.54) is 9.47 Å². The van der Waals surface area contributed by atoms with E-state index in [9.17, 15) is 24.3 Å². The summed E-state index contributed by atoms with van der Waals surface area (Å²) in [5, 5.41) is 13.2. The number of carboxylic acids is 1. The van der Waals surface area contributed by atoms with Crippen LogP contribution in [0.5, 0.6) is 0 Å². The van der Waals surface area contributed by atoms with Crippen LogP contribution in [0.2, 0.25) is 0 Å². The molecule has 240 valence electrons. The average molecular weight is 626 g/mol. The van der Waals surface area contributed by atoms with E-state index in [0.717, 1.165) is 22.3 Å². The molecule has 5 rings (SSSR count). The number of nitrogens with zero attached hydrogens (tertiary/aromatic N) is 2. The molecule has 3 aromatic carbocycles. The standard InChI is InChI=1S/C36H39N3O7/c1-36(2,3)46-35(44)38(4)19-11-18-32(40)39-21-23(24-12-9-10-17-31(24)39)20-30(33(41)42)37-34(43)45-22-29-27-15-7-5-13-25(27)26-14-6-8-16-28(26)29/h5-10,12-17,21,29-30H,11,18-20,22H2,1-4H3,(H,37,43)(H,41,42)/t30-/m0/s1. The number of carbonyl (C=O) groups excluding carboxylic acids is 3. The number of fused-ring (bicyclic) bond motifs is 4. The lowest BCUT2D eigenvalue weighted by Gasteiger charge is -2.24. The van der Waals surface area contributed by atoms with Crippen molar-refractivity contribution in [2.75, 3.05) is 20.2 Å². The summed E-state index contributed by atoms with van der Waals surface area (Å²) in [6.07, 6.45) is 0.852. The Kier molecular flexibility index (Phi) is 9.46. The number of carboxylic acid groups (broad SMARTS) is 1. The second-order valence-electron chi connectivity index (χ2n) is 12.5. The fraction of sp³-hybridized carbons (Fsp3) is 0.333. The average Bonchev–Trinajstić information content (AvgIpc) is 3.54. The molecule has 1 atom stereocenters. The van der Waals surface area contributed by atoms with E-state index in [-0.39, 0.29) is 31.3 Å². The Morgan fingerprint density at radius 1 is 0.935 bits per heavy atom. The van der Waals surface area contributed by atoms with Gasteiger partial charge in [0.2, 0.25) is 5.91 Å². The van der Waals surface area contributed by atoms with Gasteiger partial charge in [0, 0.05) is 43.9 Å². The summed E-state index contributed by atoms with van der Waals surface area (Å²) in [5.41, 5.74) is 4.91. The normalized spacial score (nSPS) is 13.0. The van der Waals surface area contributed by atoms with E-state index in [1.807, 2.05) is 60.7 Å². The molecule has 0 saturated carbocycles. The second kappa shape index (κ2) is 13.5. The van der Waals surface area contributed by atoms with Gasteiger partial charge in [-0.05, 0) is 61.1 Å². The van der Waals surface area contributed by atoms with Crippen LogP contribution < -0.4 is 5.32 Å². The SMILES string of the molecule is CN(CCCC(=O)n1cc(C[C@H](NC(=O)OCC2c3ccccc3-c3ccccc32)C(=O)O)c2ccccc21)C(=O)OC(C)(C)C. The molecular weight excluding hydrogens is 586 g/mol. The third-order valence-corrected chi connectivity index (χ3v) is 8.01. The lowest BCUT2D eigenvalue weighted by molar-refractivity contribution is -0.139. The largest absolute Gasteiger partial charge is 0.480 e. The first-order valence-electron chi connectivity index (χ1n) is 15.3. The molecule has 0 aliphatic heterocycles. The number of para-hydroxylation sites is 1. The van der Waals surface area contributed by atoms with Gasteiger partial charge in [0.25, 0.3) is 0 Å². The first-order chi connectivity index (χ1) is 21.9. The van der Waals surface area contributed by atoms with Crippen LogP contribution in [0.25, 0.3) is 22.0 Å². The molecule has 2 amide bonds. The van der Waals surface area contributed by atoms with E-state index >= 15 is 0 Å². The highest BCUT2D eigenvalue weighted by Gasteiger charge is 2.30. The summed E-state index contributed by atoms with van der Waals surface area (Å²) in [5.74, 6) is -1.58. The maximum atomic E-state index is 13.3. The van der Waals surface area contributed by atoms with Gasteiger partial charge in [0.1, 0.15) is 18.2 Å². The predicted octanol–water partition coefficient (Wildman–Crippen LogP) is 6.46. The minimum Gasteiger partial charge on any atom is -0.480 e. The van der Waals surface area contributed by atoms with Crippen molar-refractivity contribution < 1.29 is 33.8 Å². The molecule has 0 saturated heterocycles. The number of hydrogen-bond donors (Lipinski definition) is 2. The highest BCUT2D eigenvalue weighted by Crippen LogP contribution is 2.44. The molecule has 1 aliphatic rings. The zero-order valence-electron chi connectivity index (χ0n) is 26.5. The first-order valence-corrected chi connectivity index (χ1v) is 15.3. The predicted molar refractivity (Wildman–Crippen MR) is 174 cm³/mol. The van der Waals surface area contributed by atoms with E-state index in [2.05, 4.69) is 5.32 Å². The van der Waals surface area contributed by atoms with Gasteiger partial charge in [-0.15, -0.1) is 0 Å². The van der Waals surface area contributed by atoms with Gasteiger partial charge in [-0.2, -0.15) is 0 Å². The zero-order valence-corrected chi connectivity index (χ0v) is 26.5. The number of amides is 2. The molecule has 0 radical (unpaired) electrons. The molecule has 46 heavy (non-hydrogen) atoms. The van der Waals surface area contributed by atoms with Crippen molar-refractivity contribution in [3.05, 3.63) is 95.7 Å². The molecule has 10 nitrogen and oxygen atoms in total. The number of nitrogens with one attached hydrogen (secondary N) is 1. The second-order valence-corrected chi connectivity index (χ2v) is 12.5. The number of aromatic nitrogens is 1. The van der Waals surface area contributed by atoms with Gasteiger partial charge in [-0.1, -0.05) is 66.7 Å². The van der Waals surface area contributed by atoms with E-state index in [1.54, 1.807) is 46.1 Å². The third kappa shape index (κ3) is 7.22. The van der Waals surface area contributed by atoms with Crippen LogP contribution in [-0.2, 0) is 20.7 Å². The van der Waals surface area contributed by atoms with Crippen molar-refractivity contribution in [1.29, 1.82) is 0 Å². The number of alkyl carbamates (subject to hydrolysis) is 1. The van der Waals surface area contributed by atoms with Crippen LogP contribution in [-0.4, -0.2) is 70.5 Å². The maximum Gasteiger partial charge on any atom is 0.410 e. The highest BCUT2D eigenvalue weighted by atomic mass is 16.6. The van der Waals surface area contributed by atoms with Crippen molar-refractivity contribution in [1.82, 2.24) is 14.8 Å². The monoisotopic (exact) mass is 625 g/mol. The fourth-order valence-corrected chi connectivity index (χ4v) is 5.84. The smallest absolute Gasteiger partial charge is 0.410 e. The maximum absolute atomic E-state index is 13.3. The molecule has 0 spiro atoms. The van der Waals surface area contributed by atoms with Crippen LogP contribution in [0.3, 0.4) is 0 Å². The summed E-state index contributed by atoms with van der Waals surface area (Å²) in [6.45, 7) is 5.76. The number of aliphatic carboxylic acids is 1. The quantitative estimate of drug-likeness (QED) is 0.207. The van der Waals surface area contributed by atoms with Crippen LogP contribution in [0.4, 0.5) is 9.59 Å². The van der Waals surface area contributed by atoms with Gasteiger partial charge in [0.15, 0.2) is 0 Å². The van der Waals surface area contributed by atoms with Gasteiger partial charge in [-0.3, -0.25) is 9.36 Å². The van der Waals surface area contributed by atoms with Gasteiger partial charge < -0.3 is 24.8 Å². The van der Waals surface area contributed by atoms with Crippen LogP contribution in [0, 0.1) is 0 Å². The first kappa shape index (κ1) is 32.3. The van der Waals surface area contributed by atoms with Crippen molar-refractivity contribution in [2.24, 2.45) is 0 Å². The fourth-order valence-electron chi connectivity index (χ4n) is 5.84. The summed E-state index contributed by atoms with van der Waals surface area (Å²) in [6, 6.07) is 21.9. The van der Waals surface area contributed by atoms with Gasteiger partial charge >= 0.3 is 18.2 Å². The van der Waals surface area contributed by atoms with Gasteiger partial charge in [-0.25, -0.2) is 14.4 Å². The zero-order chi connectivity index (χ0) is 33.0. The minimum absolute atomic E-state index is 0.0539. The van der Waals surface area contributed by atoms with E-state index in [0.29, 0.717) is 29.4 Å². The molecule has 2 N–H and O–H groups in total. The van der Waals surface area contributed by atoms with Crippen LogP contribution >= 0.6 is 0 Å². The molecule has 0 fully saturated rings. The summed E-state index contributed by atoms with van der Waals surface area (Å²) in [7, 11) is 1.62. The summed E-state index contributed by atoms with van der Waals surface area (Å²) >= 11 is 0. The molecule has 1 heterocycles. The third-order valence-electron chi connectivity index (χ3n) is 8.01. The van der Waals surface area contributed by atoms with Crippen LogP contribution in [0.1, 0.15) is 61.0 Å². The number of hydrogen-bond acceptors (Lipinski definition) is 6. The Hall–Kier alpha value is -5.12.